The van der Waals surface area contributed by atoms with Gasteiger partial charge in [-0.25, -0.2) is 0 Å². The van der Waals surface area contributed by atoms with Crippen LogP contribution in [0.5, 0.6) is 5.75 Å². The van der Waals surface area contributed by atoms with Crippen LogP contribution in [0.3, 0.4) is 0 Å². The molecule has 22 heavy (non-hydrogen) atoms. The van der Waals surface area contributed by atoms with E-state index >= 15 is 0 Å². The molecule has 118 valence electrons. The highest BCUT2D eigenvalue weighted by molar-refractivity contribution is 5.90. The number of aryl methyl sites for hydroxylation is 2. The highest BCUT2D eigenvalue weighted by Crippen LogP contribution is 2.18. The maximum Gasteiger partial charge on any atom is 0.224 e. The summed E-state index contributed by atoms with van der Waals surface area (Å²) in [6, 6.07) is 7.38. The van der Waals surface area contributed by atoms with E-state index in [1.165, 1.54) is 0 Å². The Labute approximate surface area is 130 Å². The van der Waals surface area contributed by atoms with Gasteiger partial charge in [0.05, 0.1) is 11.8 Å². The summed E-state index contributed by atoms with van der Waals surface area (Å²) in [5.74, 6) is 1.54. The predicted octanol–water partition coefficient (Wildman–Crippen LogP) is 3.65. The number of hydrogen-bond donors (Lipinski definition) is 1. The molecule has 2 rings (SSSR count). The summed E-state index contributed by atoms with van der Waals surface area (Å²) in [6.07, 6.45) is 1.16. The van der Waals surface area contributed by atoms with Crippen molar-refractivity contribution in [2.75, 3.05) is 5.32 Å². The molecule has 5 heteroatoms. The Morgan fingerprint density at radius 3 is 2.50 bits per heavy atom. The van der Waals surface area contributed by atoms with Gasteiger partial charge in [-0.15, -0.1) is 0 Å². The zero-order valence-electron chi connectivity index (χ0n) is 13.5. The molecule has 0 aliphatic heterocycles. The molecule has 1 aromatic carbocycles. The Hall–Kier alpha value is -2.30. The van der Waals surface area contributed by atoms with E-state index in [0.717, 1.165) is 28.5 Å². The largest absolute Gasteiger partial charge is 0.491 e. The monoisotopic (exact) mass is 302 g/mol. The molecule has 0 atom stereocenters. The zero-order chi connectivity index (χ0) is 16.1. The molecule has 0 unspecified atom stereocenters. The van der Waals surface area contributed by atoms with E-state index in [9.17, 15) is 4.79 Å². The first kappa shape index (κ1) is 16.1. The van der Waals surface area contributed by atoms with Gasteiger partial charge >= 0.3 is 0 Å². The molecule has 1 N–H and O–H groups in total. The molecule has 0 aliphatic carbocycles. The normalized spacial score (nSPS) is 10.8. The molecule has 1 heterocycles. The van der Waals surface area contributed by atoms with Gasteiger partial charge in [0, 0.05) is 17.7 Å². The van der Waals surface area contributed by atoms with Gasteiger partial charge < -0.3 is 14.6 Å². The quantitative estimate of drug-likeness (QED) is 0.884. The minimum absolute atomic E-state index is 0.0301. The molecule has 0 radical (unpaired) electrons. The van der Waals surface area contributed by atoms with Crippen LogP contribution in [-0.4, -0.2) is 17.2 Å². The maximum atomic E-state index is 12.0. The molecule has 0 fully saturated rings. The lowest BCUT2D eigenvalue weighted by molar-refractivity contribution is -0.116. The molecule has 1 amide bonds. The SMILES string of the molecule is Cc1noc(C)c1CCC(=O)Nc1ccc(OC(C)C)cc1. The van der Waals surface area contributed by atoms with Gasteiger partial charge in [0.2, 0.25) is 5.91 Å². The number of carbonyl (C=O) groups is 1. The molecule has 2 aromatic rings. The third-order valence-electron chi connectivity index (χ3n) is 3.29. The molecule has 0 bridgehead atoms. The molecule has 0 aliphatic rings. The van der Waals surface area contributed by atoms with E-state index < -0.39 is 0 Å². The molecule has 0 saturated heterocycles. The summed E-state index contributed by atoms with van der Waals surface area (Å²) in [5.41, 5.74) is 2.62. The Morgan fingerprint density at radius 2 is 1.95 bits per heavy atom. The van der Waals surface area contributed by atoms with Crippen LogP contribution in [-0.2, 0) is 11.2 Å². The fourth-order valence-electron chi connectivity index (χ4n) is 2.21. The van der Waals surface area contributed by atoms with E-state index in [0.29, 0.717) is 12.8 Å². The molecule has 0 spiro atoms. The fourth-order valence-corrected chi connectivity index (χ4v) is 2.21. The lowest BCUT2D eigenvalue weighted by Crippen LogP contribution is -2.12. The van der Waals surface area contributed by atoms with Crippen LogP contribution in [0, 0.1) is 13.8 Å². The number of nitrogens with one attached hydrogen (secondary N) is 1. The second-order valence-electron chi connectivity index (χ2n) is 5.54. The zero-order valence-corrected chi connectivity index (χ0v) is 13.5. The van der Waals surface area contributed by atoms with Crippen molar-refractivity contribution in [2.45, 2.75) is 46.6 Å². The van der Waals surface area contributed by atoms with Gasteiger partial charge in [-0.1, -0.05) is 5.16 Å². The Morgan fingerprint density at radius 1 is 1.27 bits per heavy atom. The van der Waals surface area contributed by atoms with Crippen LogP contribution in [0.2, 0.25) is 0 Å². The molecule has 5 nitrogen and oxygen atoms in total. The number of aromatic nitrogens is 1. The van der Waals surface area contributed by atoms with Crippen molar-refractivity contribution in [3.8, 4) is 5.75 Å². The first-order chi connectivity index (χ1) is 10.5. The molecular weight excluding hydrogens is 280 g/mol. The molecule has 0 saturated carbocycles. The summed E-state index contributed by atoms with van der Waals surface area (Å²) in [4.78, 5) is 12.0. The van der Waals surface area contributed by atoms with E-state index in [2.05, 4.69) is 10.5 Å². The Kier molecular flexibility index (Phi) is 5.20. The van der Waals surface area contributed by atoms with Gasteiger partial charge in [-0.3, -0.25) is 4.79 Å². The third-order valence-corrected chi connectivity index (χ3v) is 3.29. The van der Waals surface area contributed by atoms with Gasteiger partial charge in [0.25, 0.3) is 0 Å². The van der Waals surface area contributed by atoms with Crippen LogP contribution in [0.15, 0.2) is 28.8 Å². The van der Waals surface area contributed by atoms with Crippen molar-refractivity contribution in [1.29, 1.82) is 0 Å². The number of carbonyl (C=O) groups excluding carboxylic acids is 1. The number of anilines is 1. The Balaban J connectivity index is 1.87. The molecule has 1 aromatic heterocycles. The average molecular weight is 302 g/mol. The number of rotatable bonds is 6. The summed E-state index contributed by atoms with van der Waals surface area (Å²) in [7, 11) is 0. The maximum absolute atomic E-state index is 12.0. The topological polar surface area (TPSA) is 64.4 Å². The number of hydrogen-bond acceptors (Lipinski definition) is 4. The number of amides is 1. The first-order valence-corrected chi connectivity index (χ1v) is 7.44. The summed E-state index contributed by atoms with van der Waals surface area (Å²) in [5, 5.41) is 6.77. The minimum Gasteiger partial charge on any atom is -0.491 e. The van der Waals surface area contributed by atoms with Gasteiger partial charge in [-0.05, 0) is 58.4 Å². The van der Waals surface area contributed by atoms with Crippen molar-refractivity contribution in [3.05, 3.63) is 41.3 Å². The van der Waals surface area contributed by atoms with Crippen molar-refractivity contribution >= 4 is 11.6 Å². The van der Waals surface area contributed by atoms with Crippen molar-refractivity contribution in [2.24, 2.45) is 0 Å². The van der Waals surface area contributed by atoms with Crippen LogP contribution >= 0.6 is 0 Å². The van der Waals surface area contributed by atoms with Crippen molar-refractivity contribution in [3.63, 3.8) is 0 Å². The van der Waals surface area contributed by atoms with Crippen molar-refractivity contribution in [1.82, 2.24) is 5.16 Å². The van der Waals surface area contributed by atoms with E-state index in [-0.39, 0.29) is 12.0 Å². The second kappa shape index (κ2) is 7.11. The van der Waals surface area contributed by atoms with Crippen LogP contribution in [0.1, 0.15) is 37.3 Å². The number of ether oxygens (including phenoxy) is 1. The average Bonchev–Trinajstić information content (AvgIpc) is 2.77. The first-order valence-electron chi connectivity index (χ1n) is 7.44. The van der Waals surface area contributed by atoms with Crippen LogP contribution < -0.4 is 10.1 Å². The van der Waals surface area contributed by atoms with Crippen LogP contribution in [0.4, 0.5) is 5.69 Å². The highest BCUT2D eigenvalue weighted by atomic mass is 16.5. The van der Waals surface area contributed by atoms with Crippen LogP contribution in [0.25, 0.3) is 0 Å². The number of benzene rings is 1. The number of nitrogens with zero attached hydrogens (tertiary/aromatic N) is 1. The van der Waals surface area contributed by atoms with Gasteiger partial charge in [0.15, 0.2) is 0 Å². The summed E-state index contributed by atoms with van der Waals surface area (Å²) in [6.45, 7) is 7.70. The third kappa shape index (κ3) is 4.35. The lowest BCUT2D eigenvalue weighted by atomic mass is 10.1. The van der Waals surface area contributed by atoms with E-state index in [1.807, 2.05) is 52.0 Å². The highest BCUT2D eigenvalue weighted by Gasteiger charge is 2.11. The lowest BCUT2D eigenvalue weighted by Gasteiger charge is -2.10. The standard InChI is InChI=1S/C17H22N2O3/c1-11(2)21-15-7-5-14(6-8-15)18-17(20)10-9-16-12(3)19-22-13(16)4/h5-8,11H,9-10H2,1-4H3,(H,18,20). The predicted molar refractivity (Wildman–Crippen MR) is 85.1 cm³/mol. The summed E-state index contributed by atoms with van der Waals surface area (Å²) < 4.78 is 10.7. The minimum atomic E-state index is -0.0301. The second-order valence-corrected chi connectivity index (χ2v) is 5.54. The van der Waals surface area contributed by atoms with Crippen molar-refractivity contribution < 1.29 is 14.1 Å². The van der Waals surface area contributed by atoms with E-state index in [1.54, 1.807) is 0 Å². The molecular formula is C17H22N2O3. The van der Waals surface area contributed by atoms with Gasteiger partial charge in [0.1, 0.15) is 11.5 Å². The van der Waals surface area contributed by atoms with Gasteiger partial charge in [-0.2, -0.15) is 0 Å². The Bertz CT molecular complexity index is 610. The van der Waals surface area contributed by atoms with E-state index in [4.69, 9.17) is 9.26 Å². The smallest absolute Gasteiger partial charge is 0.224 e. The summed E-state index contributed by atoms with van der Waals surface area (Å²) >= 11 is 0. The fraction of sp³-hybridized carbons (Fsp3) is 0.412.